The molecule has 7 heteroatoms. The topological polar surface area (TPSA) is 48.0 Å². The molecule has 2 aromatic rings. The third kappa shape index (κ3) is 4.17. The molecule has 0 aliphatic carbocycles. The molecule has 3 rings (SSSR count). The second kappa shape index (κ2) is 8.06. The number of nitrogens with zero attached hydrogens (tertiary/aromatic N) is 1. The fourth-order valence-corrected chi connectivity index (χ4v) is 3.12. The number of halogens is 2. The molecule has 1 heterocycles. The van der Waals surface area contributed by atoms with E-state index in [-0.39, 0.29) is 12.7 Å². The lowest BCUT2D eigenvalue weighted by Crippen LogP contribution is -2.39. The summed E-state index contributed by atoms with van der Waals surface area (Å²) in [5, 5.41) is 0.892. The van der Waals surface area contributed by atoms with Crippen molar-refractivity contribution in [2.45, 2.75) is 26.0 Å². The van der Waals surface area contributed by atoms with Gasteiger partial charge >= 0.3 is 0 Å². The van der Waals surface area contributed by atoms with Crippen LogP contribution in [0.4, 0.5) is 0 Å². The maximum absolute atomic E-state index is 12.8. The van der Waals surface area contributed by atoms with E-state index in [0.29, 0.717) is 34.5 Å². The van der Waals surface area contributed by atoms with Crippen molar-refractivity contribution in [2.24, 2.45) is 0 Å². The van der Waals surface area contributed by atoms with E-state index in [1.165, 1.54) is 0 Å². The van der Waals surface area contributed by atoms with Crippen molar-refractivity contribution in [3.8, 4) is 17.2 Å². The van der Waals surface area contributed by atoms with Gasteiger partial charge in [0, 0.05) is 18.6 Å². The minimum absolute atomic E-state index is 0.129. The summed E-state index contributed by atoms with van der Waals surface area (Å²) >= 11 is 12.0. The van der Waals surface area contributed by atoms with Gasteiger partial charge in [-0.3, -0.25) is 4.79 Å². The number of fused-ring (bicyclic) bond motifs is 1. The minimum Gasteiger partial charge on any atom is -0.479 e. The van der Waals surface area contributed by atoms with Gasteiger partial charge in [-0.2, -0.15) is 0 Å². The third-order valence-corrected chi connectivity index (χ3v) is 4.57. The first-order valence-electron chi connectivity index (χ1n) is 8.23. The van der Waals surface area contributed by atoms with E-state index in [2.05, 4.69) is 0 Å². The van der Waals surface area contributed by atoms with Crippen LogP contribution in [-0.2, 0) is 11.3 Å². The molecule has 2 aromatic carbocycles. The molecule has 0 saturated carbocycles. The summed E-state index contributed by atoms with van der Waals surface area (Å²) in [7, 11) is 1.74. The average Bonchev–Trinajstić information content (AvgIpc) is 3.08. The predicted molar refractivity (Wildman–Crippen MR) is 100 cm³/mol. The van der Waals surface area contributed by atoms with E-state index in [4.69, 9.17) is 37.4 Å². The van der Waals surface area contributed by atoms with Crippen LogP contribution in [0.5, 0.6) is 17.2 Å². The summed E-state index contributed by atoms with van der Waals surface area (Å²) in [6, 6.07) is 10.6. The quantitative estimate of drug-likeness (QED) is 0.720. The zero-order chi connectivity index (χ0) is 18.7. The van der Waals surface area contributed by atoms with Crippen LogP contribution in [0.1, 0.15) is 18.9 Å². The average molecular weight is 396 g/mol. The Kier molecular flexibility index (Phi) is 5.79. The summed E-state index contributed by atoms with van der Waals surface area (Å²) in [5.41, 5.74) is 0.949. The number of amides is 1. The monoisotopic (exact) mass is 395 g/mol. The molecule has 0 saturated heterocycles. The largest absolute Gasteiger partial charge is 0.479 e. The molecule has 5 nitrogen and oxygen atoms in total. The van der Waals surface area contributed by atoms with Crippen LogP contribution in [0.25, 0.3) is 0 Å². The molecule has 0 fully saturated rings. The van der Waals surface area contributed by atoms with Crippen molar-refractivity contribution in [1.29, 1.82) is 0 Å². The molecule has 26 heavy (non-hydrogen) atoms. The van der Waals surface area contributed by atoms with Crippen LogP contribution >= 0.6 is 23.2 Å². The Hall–Kier alpha value is -2.11. The van der Waals surface area contributed by atoms with Gasteiger partial charge in [0.05, 0.1) is 5.02 Å². The minimum atomic E-state index is -0.632. The highest BCUT2D eigenvalue weighted by Gasteiger charge is 2.24. The van der Waals surface area contributed by atoms with Gasteiger partial charge in [0.1, 0.15) is 5.75 Å². The van der Waals surface area contributed by atoms with E-state index in [1.807, 2.05) is 25.1 Å². The van der Waals surface area contributed by atoms with Crippen LogP contribution in [0.2, 0.25) is 10.0 Å². The Balaban J connectivity index is 1.67. The van der Waals surface area contributed by atoms with Crippen LogP contribution < -0.4 is 14.2 Å². The second-order valence-electron chi connectivity index (χ2n) is 5.97. The van der Waals surface area contributed by atoms with Crippen molar-refractivity contribution < 1.29 is 19.0 Å². The molecule has 0 aromatic heterocycles. The van der Waals surface area contributed by atoms with Crippen molar-refractivity contribution in [2.75, 3.05) is 13.8 Å². The molecule has 0 N–H and O–H groups in total. The van der Waals surface area contributed by atoms with Gasteiger partial charge in [0.2, 0.25) is 6.79 Å². The molecule has 1 unspecified atom stereocenters. The Morgan fingerprint density at radius 3 is 2.69 bits per heavy atom. The van der Waals surface area contributed by atoms with E-state index < -0.39 is 6.10 Å². The first-order valence-corrected chi connectivity index (χ1v) is 8.98. The van der Waals surface area contributed by atoms with Crippen molar-refractivity contribution in [3.63, 3.8) is 0 Å². The maximum Gasteiger partial charge on any atom is 0.263 e. The Bertz CT molecular complexity index is 812. The molecule has 1 aliphatic rings. The molecule has 138 valence electrons. The van der Waals surface area contributed by atoms with E-state index in [0.717, 1.165) is 11.3 Å². The molecule has 0 spiro atoms. The Morgan fingerprint density at radius 2 is 1.96 bits per heavy atom. The molecule has 1 atom stereocenters. The van der Waals surface area contributed by atoms with Crippen LogP contribution in [-0.4, -0.2) is 30.8 Å². The Morgan fingerprint density at radius 1 is 1.19 bits per heavy atom. The number of likely N-dealkylation sites (N-methyl/N-ethyl adjacent to an activating group) is 1. The molecule has 1 aliphatic heterocycles. The molecule has 1 amide bonds. The van der Waals surface area contributed by atoms with Crippen molar-refractivity contribution in [3.05, 3.63) is 52.0 Å². The van der Waals surface area contributed by atoms with Gasteiger partial charge < -0.3 is 19.1 Å². The number of rotatable bonds is 6. The fraction of sp³-hybridized carbons (Fsp3) is 0.316. The van der Waals surface area contributed by atoms with E-state index in [1.54, 1.807) is 30.1 Å². The number of carbonyl (C=O) groups excluding carboxylic acids is 1. The zero-order valence-electron chi connectivity index (χ0n) is 14.5. The van der Waals surface area contributed by atoms with Gasteiger partial charge in [0.15, 0.2) is 17.6 Å². The molecular formula is C19H19Cl2NO4. The number of carbonyl (C=O) groups is 1. The highest BCUT2D eigenvalue weighted by Crippen LogP contribution is 2.33. The highest BCUT2D eigenvalue weighted by molar-refractivity contribution is 6.35. The maximum atomic E-state index is 12.8. The molecular weight excluding hydrogens is 377 g/mol. The molecule has 0 bridgehead atoms. The van der Waals surface area contributed by atoms with Crippen molar-refractivity contribution in [1.82, 2.24) is 4.90 Å². The predicted octanol–water partition coefficient (Wildman–Crippen LogP) is 4.54. The zero-order valence-corrected chi connectivity index (χ0v) is 16.0. The van der Waals surface area contributed by atoms with Gasteiger partial charge in [-0.25, -0.2) is 0 Å². The number of hydrogen-bond donors (Lipinski definition) is 0. The van der Waals surface area contributed by atoms with Gasteiger partial charge in [-0.15, -0.1) is 0 Å². The first-order chi connectivity index (χ1) is 12.5. The second-order valence-corrected chi connectivity index (χ2v) is 6.82. The lowest BCUT2D eigenvalue weighted by atomic mass is 10.1. The van der Waals surface area contributed by atoms with E-state index >= 15 is 0 Å². The summed E-state index contributed by atoms with van der Waals surface area (Å²) in [4.78, 5) is 14.4. The fourth-order valence-electron chi connectivity index (χ4n) is 2.67. The van der Waals surface area contributed by atoms with Gasteiger partial charge in [0.25, 0.3) is 5.91 Å². The van der Waals surface area contributed by atoms with Crippen LogP contribution in [0.15, 0.2) is 36.4 Å². The third-order valence-electron chi connectivity index (χ3n) is 4.04. The van der Waals surface area contributed by atoms with Gasteiger partial charge in [-0.1, -0.05) is 36.2 Å². The summed E-state index contributed by atoms with van der Waals surface area (Å²) < 4.78 is 16.5. The summed E-state index contributed by atoms with van der Waals surface area (Å²) in [6.45, 7) is 2.55. The highest BCUT2D eigenvalue weighted by atomic mass is 35.5. The summed E-state index contributed by atoms with van der Waals surface area (Å²) in [5.74, 6) is 1.72. The first kappa shape index (κ1) is 18.7. The van der Waals surface area contributed by atoms with E-state index in [9.17, 15) is 4.79 Å². The number of hydrogen-bond acceptors (Lipinski definition) is 4. The van der Waals surface area contributed by atoms with Crippen LogP contribution in [0, 0.1) is 0 Å². The number of ether oxygens (including phenoxy) is 3. The van der Waals surface area contributed by atoms with Crippen LogP contribution in [0.3, 0.4) is 0 Å². The van der Waals surface area contributed by atoms with Crippen molar-refractivity contribution >= 4 is 29.1 Å². The normalized spacial score (nSPS) is 13.4. The Labute approximate surface area is 162 Å². The SMILES string of the molecule is CCC(Oc1ccc(Cl)cc1Cl)C(=O)N(C)Cc1ccc2c(c1)OCO2. The molecule has 0 radical (unpaired) electrons. The standard InChI is InChI=1S/C19H19Cl2NO4/c1-3-15(26-16-7-5-13(20)9-14(16)21)19(23)22(2)10-12-4-6-17-18(8-12)25-11-24-17/h4-9,15H,3,10-11H2,1-2H3. The number of benzene rings is 2. The summed E-state index contributed by atoms with van der Waals surface area (Å²) in [6.07, 6.45) is -0.115. The lowest BCUT2D eigenvalue weighted by Gasteiger charge is -2.24. The van der Waals surface area contributed by atoms with Gasteiger partial charge in [-0.05, 0) is 42.3 Å². The smallest absolute Gasteiger partial charge is 0.263 e. The lowest BCUT2D eigenvalue weighted by molar-refractivity contribution is -0.138.